The van der Waals surface area contributed by atoms with Crippen LogP contribution in [0.15, 0.2) is 36.5 Å². The van der Waals surface area contributed by atoms with Crippen molar-refractivity contribution in [3.05, 3.63) is 47.2 Å². The highest BCUT2D eigenvalue weighted by Gasteiger charge is 2.23. The quantitative estimate of drug-likeness (QED) is 0.867. The van der Waals surface area contributed by atoms with Crippen molar-refractivity contribution < 1.29 is 4.74 Å². The fourth-order valence-corrected chi connectivity index (χ4v) is 3.04. The van der Waals surface area contributed by atoms with Crippen molar-refractivity contribution in [1.29, 1.82) is 0 Å². The number of aromatic nitrogens is 2. The first-order valence-electron chi connectivity index (χ1n) is 7.32. The Morgan fingerprint density at radius 3 is 2.90 bits per heavy atom. The number of hydrogen-bond donors (Lipinski definition) is 0. The van der Waals surface area contributed by atoms with Gasteiger partial charge in [-0.15, -0.1) is 0 Å². The summed E-state index contributed by atoms with van der Waals surface area (Å²) >= 11 is 6.43. The SMILES string of the molecule is CN1CCCC(n2ncc(OCc3ccccc3)c2Cl)C1. The molecular formula is C16H20ClN3O. The minimum Gasteiger partial charge on any atom is -0.484 e. The van der Waals surface area contributed by atoms with Crippen LogP contribution >= 0.6 is 11.6 Å². The molecule has 0 spiro atoms. The predicted molar refractivity (Wildman–Crippen MR) is 83.8 cm³/mol. The van der Waals surface area contributed by atoms with E-state index in [-0.39, 0.29) is 0 Å². The standard InChI is InChI=1S/C16H20ClN3O/c1-19-9-5-8-14(11-19)20-16(17)15(10-18-20)21-12-13-6-3-2-4-7-13/h2-4,6-7,10,14H,5,8-9,11-12H2,1H3. The minimum atomic E-state index is 0.338. The van der Waals surface area contributed by atoms with Crippen LogP contribution in [-0.4, -0.2) is 34.8 Å². The first kappa shape index (κ1) is 14.4. The normalized spacial score (nSPS) is 19.6. The summed E-state index contributed by atoms with van der Waals surface area (Å²) in [5.41, 5.74) is 1.12. The number of nitrogens with zero attached hydrogens (tertiary/aromatic N) is 3. The van der Waals surface area contributed by atoms with Gasteiger partial charge < -0.3 is 9.64 Å². The third kappa shape index (κ3) is 3.39. The van der Waals surface area contributed by atoms with Crippen LogP contribution in [-0.2, 0) is 6.61 Å². The molecule has 0 amide bonds. The summed E-state index contributed by atoms with van der Waals surface area (Å²) in [5, 5.41) is 5.02. The van der Waals surface area contributed by atoms with Crippen LogP contribution < -0.4 is 4.74 Å². The lowest BCUT2D eigenvalue weighted by molar-refractivity contribution is 0.202. The van der Waals surface area contributed by atoms with Crippen LogP contribution in [0.4, 0.5) is 0 Å². The summed E-state index contributed by atoms with van der Waals surface area (Å²) in [5.74, 6) is 0.661. The number of benzene rings is 1. The Balaban J connectivity index is 1.67. The van der Waals surface area contributed by atoms with Gasteiger partial charge in [-0.05, 0) is 32.0 Å². The van der Waals surface area contributed by atoms with Crippen LogP contribution in [0.5, 0.6) is 5.75 Å². The van der Waals surface area contributed by atoms with E-state index in [0.29, 0.717) is 23.6 Å². The Labute approximate surface area is 130 Å². The smallest absolute Gasteiger partial charge is 0.176 e. The average molecular weight is 306 g/mol. The summed E-state index contributed by atoms with van der Waals surface area (Å²) in [7, 11) is 2.14. The van der Waals surface area contributed by atoms with Crippen molar-refractivity contribution in [3.8, 4) is 5.75 Å². The maximum atomic E-state index is 6.43. The molecule has 112 valence electrons. The van der Waals surface area contributed by atoms with E-state index in [2.05, 4.69) is 17.0 Å². The number of likely N-dealkylation sites (tertiary alicyclic amines) is 1. The van der Waals surface area contributed by atoms with Crippen molar-refractivity contribution in [3.63, 3.8) is 0 Å². The Bertz CT molecular complexity index is 584. The van der Waals surface area contributed by atoms with E-state index >= 15 is 0 Å². The van der Waals surface area contributed by atoms with E-state index in [1.807, 2.05) is 35.0 Å². The zero-order chi connectivity index (χ0) is 14.7. The van der Waals surface area contributed by atoms with Crippen molar-refractivity contribution in [2.45, 2.75) is 25.5 Å². The molecule has 0 saturated carbocycles. The molecule has 1 aliphatic rings. The Morgan fingerprint density at radius 2 is 2.14 bits per heavy atom. The van der Waals surface area contributed by atoms with Gasteiger partial charge in [0.1, 0.15) is 6.61 Å². The van der Waals surface area contributed by atoms with Gasteiger partial charge in [0.05, 0.1) is 12.2 Å². The van der Waals surface area contributed by atoms with Gasteiger partial charge >= 0.3 is 0 Å². The van der Waals surface area contributed by atoms with E-state index in [1.54, 1.807) is 6.20 Å². The number of hydrogen-bond acceptors (Lipinski definition) is 3. The molecular weight excluding hydrogens is 286 g/mol. The van der Waals surface area contributed by atoms with E-state index in [0.717, 1.165) is 25.1 Å². The maximum absolute atomic E-state index is 6.43. The lowest BCUT2D eigenvalue weighted by Gasteiger charge is -2.30. The van der Waals surface area contributed by atoms with Crippen molar-refractivity contribution in [2.24, 2.45) is 0 Å². The second-order valence-electron chi connectivity index (χ2n) is 5.58. The second kappa shape index (κ2) is 6.50. The Morgan fingerprint density at radius 1 is 1.33 bits per heavy atom. The molecule has 0 aliphatic carbocycles. The summed E-state index contributed by atoms with van der Waals surface area (Å²) in [6.07, 6.45) is 4.02. The molecule has 0 N–H and O–H groups in total. The third-order valence-electron chi connectivity index (χ3n) is 3.89. The summed E-state index contributed by atoms with van der Waals surface area (Å²) in [4.78, 5) is 2.32. The lowest BCUT2D eigenvalue weighted by atomic mass is 10.1. The molecule has 4 nitrogen and oxygen atoms in total. The van der Waals surface area contributed by atoms with E-state index in [9.17, 15) is 0 Å². The van der Waals surface area contributed by atoms with E-state index in [4.69, 9.17) is 16.3 Å². The summed E-state index contributed by atoms with van der Waals surface area (Å²) < 4.78 is 7.69. The van der Waals surface area contributed by atoms with Gasteiger partial charge in [-0.3, -0.25) is 0 Å². The molecule has 1 unspecified atom stereocenters. The number of likely N-dealkylation sites (N-methyl/N-ethyl adjacent to an activating group) is 1. The first-order valence-corrected chi connectivity index (χ1v) is 7.70. The van der Waals surface area contributed by atoms with Crippen LogP contribution in [0, 0.1) is 0 Å². The number of halogens is 1. The van der Waals surface area contributed by atoms with Gasteiger partial charge in [-0.1, -0.05) is 41.9 Å². The van der Waals surface area contributed by atoms with Gasteiger partial charge in [0.2, 0.25) is 0 Å². The highest BCUT2D eigenvalue weighted by atomic mass is 35.5. The molecule has 3 rings (SSSR count). The monoisotopic (exact) mass is 305 g/mol. The van der Waals surface area contributed by atoms with Gasteiger partial charge in [0.15, 0.2) is 10.9 Å². The molecule has 0 radical (unpaired) electrons. The molecule has 1 saturated heterocycles. The summed E-state index contributed by atoms with van der Waals surface area (Å²) in [6, 6.07) is 10.4. The van der Waals surface area contributed by atoms with E-state index in [1.165, 1.54) is 6.42 Å². The molecule has 1 atom stereocenters. The zero-order valence-corrected chi connectivity index (χ0v) is 13.0. The number of piperidine rings is 1. The average Bonchev–Trinajstić information content (AvgIpc) is 2.87. The molecule has 5 heteroatoms. The van der Waals surface area contributed by atoms with Gasteiger partial charge in [0.25, 0.3) is 0 Å². The second-order valence-corrected chi connectivity index (χ2v) is 5.93. The fourth-order valence-electron chi connectivity index (χ4n) is 2.76. The molecule has 1 aromatic carbocycles. The van der Waals surface area contributed by atoms with Crippen LogP contribution in [0.25, 0.3) is 0 Å². The van der Waals surface area contributed by atoms with Crippen molar-refractivity contribution >= 4 is 11.6 Å². The molecule has 2 aromatic rings. The number of rotatable bonds is 4. The molecule has 1 aliphatic heterocycles. The predicted octanol–water partition coefficient (Wildman–Crippen LogP) is 3.38. The Kier molecular flexibility index (Phi) is 4.46. The summed E-state index contributed by atoms with van der Waals surface area (Å²) in [6.45, 7) is 2.64. The van der Waals surface area contributed by atoms with Crippen LogP contribution in [0.3, 0.4) is 0 Å². The van der Waals surface area contributed by atoms with Crippen LogP contribution in [0.2, 0.25) is 5.15 Å². The molecule has 21 heavy (non-hydrogen) atoms. The fraction of sp³-hybridized carbons (Fsp3) is 0.438. The largest absolute Gasteiger partial charge is 0.484 e. The van der Waals surface area contributed by atoms with Gasteiger partial charge in [-0.25, -0.2) is 4.68 Å². The zero-order valence-electron chi connectivity index (χ0n) is 12.2. The van der Waals surface area contributed by atoms with Gasteiger partial charge in [-0.2, -0.15) is 5.10 Å². The molecule has 2 heterocycles. The van der Waals surface area contributed by atoms with Crippen molar-refractivity contribution in [2.75, 3.05) is 20.1 Å². The maximum Gasteiger partial charge on any atom is 0.176 e. The number of ether oxygens (including phenoxy) is 1. The third-order valence-corrected chi connectivity index (χ3v) is 4.25. The topological polar surface area (TPSA) is 30.3 Å². The highest BCUT2D eigenvalue weighted by Crippen LogP contribution is 2.30. The first-order chi connectivity index (χ1) is 10.2. The van der Waals surface area contributed by atoms with Gasteiger partial charge in [0, 0.05) is 6.54 Å². The highest BCUT2D eigenvalue weighted by molar-refractivity contribution is 6.31. The minimum absolute atomic E-state index is 0.338. The van der Waals surface area contributed by atoms with Crippen LogP contribution in [0.1, 0.15) is 24.4 Å². The molecule has 1 aromatic heterocycles. The van der Waals surface area contributed by atoms with E-state index < -0.39 is 0 Å². The van der Waals surface area contributed by atoms with Crippen molar-refractivity contribution in [1.82, 2.24) is 14.7 Å². The molecule has 1 fully saturated rings. The molecule has 0 bridgehead atoms. The lowest BCUT2D eigenvalue weighted by Crippen LogP contribution is -2.34. The Hall–Kier alpha value is -1.52.